The highest BCUT2D eigenvalue weighted by molar-refractivity contribution is 6.05. The molecule has 0 aliphatic carbocycles. The highest BCUT2D eigenvalue weighted by Gasteiger charge is 2.28. The number of carboxylic acids is 1. The summed E-state index contributed by atoms with van der Waals surface area (Å²) in [5, 5.41) is 15.5. The number of carbonyl (C=O) groups is 3. The Morgan fingerprint density at radius 3 is 2.23 bits per heavy atom. The van der Waals surface area contributed by atoms with E-state index in [0.29, 0.717) is 33.8 Å². The van der Waals surface area contributed by atoms with Crippen LogP contribution in [0.25, 0.3) is 16.6 Å². The number of carboxylic acid groups (broad SMARTS) is 1. The van der Waals surface area contributed by atoms with E-state index in [1.54, 1.807) is 91.3 Å². The van der Waals surface area contributed by atoms with Gasteiger partial charge in [-0.05, 0) is 61.2 Å². The first kappa shape index (κ1) is 39.5. The van der Waals surface area contributed by atoms with Crippen LogP contribution in [0.2, 0.25) is 0 Å². The van der Waals surface area contributed by atoms with E-state index < -0.39 is 41.3 Å². The number of rotatable bonds is 15. The minimum Gasteiger partial charge on any atom is -0.493 e. The number of aliphatic carboxylic acids is 1. The Morgan fingerprint density at radius 1 is 0.877 bits per heavy atom. The third kappa shape index (κ3) is 9.05. The van der Waals surface area contributed by atoms with Crippen LogP contribution in [-0.2, 0) is 22.7 Å². The van der Waals surface area contributed by atoms with Gasteiger partial charge in [-0.15, -0.1) is 0 Å². The average Bonchev–Trinajstić information content (AvgIpc) is 3.45. The number of carbonyl (C=O) groups excluding carboxylic acids is 2. The number of hydrogen-bond acceptors (Lipinski definition) is 9. The molecule has 57 heavy (non-hydrogen) atoms. The molecule has 2 amide bonds. The van der Waals surface area contributed by atoms with E-state index in [1.165, 1.54) is 37.2 Å². The van der Waals surface area contributed by atoms with Gasteiger partial charge in [-0.25, -0.2) is 18.7 Å². The van der Waals surface area contributed by atoms with Crippen LogP contribution in [0, 0.1) is 18.7 Å². The van der Waals surface area contributed by atoms with E-state index in [2.05, 4.69) is 15.6 Å². The van der Waals surface area contributed by atoms with Crippen molar-refractivity contribution in [3.05, 3.63) is 136 Å². The fourth-order valence-corrected chi connectivity index (χ4v) is 6.37. The predicted octanol–water partition coefficient (Wildman–Crippen LogP) is 7.10. The molecule has 14 nitrogen and oxygen atoms in total. The van der Waals surface area contributed by atoms with Crippen molar-refractivity contribution in [2.45, 2.75) is 39.5 Å². The smallest absolute Gasteiger partial charge is 0.408 e. The Labute approximate surface area is 326 Å². The van der Waals surface area contributed by atoms with Crippen LogP contribution in [-0.4, -0.2) is 57.7 Å². The van der Waals surface area contributed by atoms with Gasteiger partial charge < -0.3 is 34.7 Å². The molecule has 0 saturated heterocycles. The number of para-hydroxylation sites is 1. The van der Waals surface area contributed by atoms with Crippen LogP contribution >= 0.6 is 0 Å². The number of halogens is 1. The molecule has 0 aliphatic rings. The van der Waals surface area contributed by atoms with Crippen LogP contribution in [0.3, 0.4) is 0 Å². The third-order valence-corrected chi connectivity index (χ3v) is 9.17. The second kappa shape index (κ2) is 17.5. The number of benzene rings is 4. The van der Waals surface area contributed by atoms with Crippen LogP contribution in [0.5, 0.6) is 23.0 Å². The number of methoxy groups -OCH3 is 2. The van der Waals surface area contributed by atoms with Gasteiger partial charge in [-0.3, -0.25) is 19.3 Å². The summed E-state index contributed by atoms with van der Waals surface area (Å²) in [4.78, 5) is 56.8. The summed E-state index contributed by atoms with van der Waals surface area (Å²) in [6, 6.07) is 25.1. The second-order valence-electron chi connectivity index (χ2n) is 13.2. The molecule has 294 valence electrons. The van der Waals surface area contributed by atoms with Gasteiger partial charge in [0.05, 0.1) is 31.1 Å². The van der Waals surface area contributed by atoms with Gasteiger partial charge in [0.15, 0.2) is 23.1 Å². The number of fused-ring (bicyclic) bond motifs is 1. The van der Waals surface area contributed by atoms with Gasteiger partial charge >= 0.3 is 12.1 Å². The summed E-state index contributed by atoms with van der Waals surface area (Å²) in [7, 11) is 3.00. The molecule has 2 aromatic heterocycles. The van der Waals surface area contributed by atoms with E-state index in [4.69, 9.17) is 18.9 Å². The number of hydrogen-bond donors (Lipinski definition) is 3. The largest absolute Gasteiger partial charge is 0.493 e. The number of ether oxygens (including phenoxy) is 4. The van der Waals surface area contributed by atoms with Crippen LogP contribution in [0.1, 0.15) is 35.0 Å². The summed E-state index contributed by atoms with van der Waals surface area (Å²) in [5.74, 6) is -2.18. The summed E-state index contributed by atoms with van der Waals surface area (Å²) >= 11 is 0. The quantitative estimate of drug-likeness (QED) is 0.0977. The number of nitrogens with one attached hydrogen (secondary N) is 2. The Balaban J connectivity index is 1.20. The lowest BCUT2D eigenvalue weighted by Gasteiger charge is -2.21. The number of amides is 2. The minimum absolute atomic E-state index is 0.0252. The van der Waals surface area contributed by atoms with Gasteiger partial charge in [-0.1, -0.05) is 55.5 Å². The van der Waals surface area contributed by atoms with Crippen molar-refractivity contribution in [1.29, 1.82) is 0 Å². The lowest BCUT2D eigenvalue weighted by atomic mass is 10.0. The number of nitrogens with zero attached hydrogens (tertiary/aromatic N) is 3. The monoisotopic (exact) mass is 777 g/mol. The second-order valence-corrected chi connectivity index (χ2v) is 13.2. The molecule has 0 bridgehead atoms. The molecule has 0 saturated carbocycles. The molecule has 0 radical (unpaired) electrons. The first-order chi connectivity index (χ1) is 27.5. The van der Waals surface area contributed by atoms with E-state index in [9.17, 15) is 24.3 Å². The molecule has 15 heteroatoms. The standard InChI is InChI=1S/C42H40FN5O9/c1-25(19-33(41(51)52)46-42(53)56-24-27-11-7-5-8-12-27)23-47-26(2)38(40(50)48(47)29-13-9-6-10-14-29)39(49)45-28-15-16-35(31(43)20-28)57-34-17-18-44-32-22-37(55-4)36(54-3)21-30(32)34/h5-18,20-22,25,33H,19,23-24H2,1-4H3,(H,45,49)(H,46,53)(H,51,52)/t25-,33+/m1/s1. The van der Waals surface area contributed by atoms with Gasteiger partial charge in [0.1, 0.15) is 24.0 Å². The SMILES string of the molecule is COc1cc2nccc(Oc3ccc(NC(=O)c4c(C)n(C[C@H](C)C[C@H](NC(=O)OCc5ccccc5)C(=O)O)n(-c5ccccc5)c4=O)cc3F)c2cc1OC. The van der Waals surface area contributed by atoms with Gasteiger partial charge in [0.25, 0.3) is 11.5 Å². The third-order valence-electron chi connectivity index (χ3n) is 9.17. The van der Waals surface area contributed by atoms with Crippen molar-refractivity contribution in [1.82, 2.24) is 19.7 Å². The maximum atomic E-state index is 15.5. The molecule has 0 spiro atoms. The van der Waals surface area contributed by atoms with Crippen molar-refractivity contribution < 1.29 is 42.8 Å². The van der Waals surface area contributed by atoms with Crippen LogP contribution < -0.4 is 30.4 Å². The zero-order chi connectivity index (χ0) is 40.6. The van der Waals surface area contributed by atoms with Gasteiger partial charge in [0.2, 0.25) is 0 Å². The Kier molecular flexibility index (Phi) is 12.2. The Hall–Kier alpha value is -7.16. The normalized spacial score (nSPS) is 12.0. The zero-order valence-electron chi connectivity index (χ0n) is 31.5. The Morgan fingerprint density at radius 2 is 1.56 bits per heavy atom. The molecule has 4 aromatic carbocycles. The maximum absolute atomic E-state index is 15.5. The van der Waals surface area contributed by atoms with Crippen molar-refractivity contribution in [3.8, 4) is 28.7 Å². The number of alkyl carbamates (subject to hydrolysis) is 1. The lowest BCUT2D eigenvalue weighted by Crippen LogP contribution is -2.42. The zero-order valence-corrected chi connectivity index (χ0v) is 31.5. The van der Waals surface area contributed by atoms with Gasteiger partial charge in [0, 0.05) is 35.9 Å². The number of aromatic nitrogens is 3. The van der Waals surface area contributed by atoms with Crippen molar-refractivity contribution in [2.75, 3.05) is 19.5 Å². The highest BCUT2D eigenvalue weighted by atomic mass is 19.1. The molecule has 0 aliphatic heterocycles. The van der Waals surface area contributed by atoms with E-state index in [1.807, 2.05) is 6.07 Å². The predicted molar refractivity (Wildman–Crippen MR) is 209 cm³/mol. The summed E-state index contributed by atoms with van der Waals surface area (Å²) in [6.07, 6.45) is 0.598. The first-order valence-corrected chi connectivity index (χ1v) is 17.8. The molecule has 2 heterocycles. The van der Waals surface area contributed by atoms with Crippen LogP contribution in [0.15, 0.2) is 108 Å². The first-order valence-electron chi connectivity index (χ1n) is 17.8. The molecule has 3 N–H and O–H groups in total. The van der Waals surface area contributed by atoms with Crippen LogP contribution in [0.4, 0.5) is 14.9 Å². The molecule has 2 atom stereocenters. The highest BCUT2D eigenvalue weighted by Crippen LogP contribution is 2.37. The molecular weight excluding hydrogens is 737 g/mol. The minimum atomic E-state index is -1.30. The van der Waals surface area contributed by atoms with E-state index in [0.717, 1.165) is 11.6 Å². The lowest BCUT2D eigenvalue weighted by molar-refractivity contribution is -0.139. The topological polar surface area (TPSA) is 172 Å². The molecule has 6 rings (SSSR count). The average molecular weight is 778 g/mol. The summed E-state index contributed by atoms with van der Waals surface area (Å²) in [6.45, 7) is 3.42. The Bertz CT molecular complexity index is 2470. The van der Waals surface area contributed by atoms with Crippen molar-refractivity contribution in [2.24, 2.45) is 5.92 Å². The fourth-order valence-electron chi connectivity index (χ4n) is 6.37. The van der Waals surface area contributed by atoms with Gasteiger partial charge in [-0.2, -0.15) is 0 Å². The number of pyridine rings is 1. The summed E-state index contributed by atoms with van der Waals surface area (Å²) in [5.41, 5.74) is 1.24. The van der Waals surface area contributed by atoms with E-state index >= 15 is 4.39 Å². The molecular formula is C42H40FN5O9. The van der Waals surface area contributed by atoms with E-state index in [-0.39, 0.29) is 42.3 Å². The molecule has 0 fully saturated rings. The fraction of sp³-hybridized carbons (Fsp3) is 0.214. The molecule has 0 unspecified atom stereocenters. The molecule has 6 aromatic rings. The summed E-state index contributed by atoms with van der Waals surface area (Å²) < 4.78 is 40.3. The van der Waals surface area contributed by atoms with Crippen molar-refractivity contribution >= 4 is 34.6 Å². The maximum Gasteiger partial charge on any atom is 0.408 e. The number of anilines is 1. The van der Waals surface area contributed by atoms with Crippen molar-refractivity contribution in [3.63, 3.8) is 0 Å².